The molecule has 1 heterocycles. The molecule has 1 saturated carbocycles. The summed E-state index contributed by atoms with van der Waals surface area (Å²) < 4.78 is 5.13. The van der Waals surface area contributed by atoms with Crippen molar-refractivity contribution in [1.29, 1.82) is 0 Å². The molecule has 1 saturated heterocycles. The van der Waals surface area contributed by atoms with Gasteiger partial charge in [-0.3, -0.25) is 9.59 Å². The number of nitrogens with zero attached hydrogens (tertiary/aromatic N) is 2. The normalized spacial score (nSPS) is 27.3. The second kappa shape index (κ2) is 7.42. The highest BCUT2D eigenvalue weighted by Gasteiger charge is 2.51. The van der Waals surface area contributed by atoms with Crippen molar-refractivity contribution in [2.75, 3.05) is 54.0 Å². The van der Waals surface area contributed by atoms with Gasteiger partial charge >= 0.3 is 0 Å². The van der Waals surface area contributed by atoms with Gasteiger partial charge in [-0.05, 0) is 25.3 Å². The second-order valence-corrected chi connectivity index (χ2v) is 6.74. The molecule has 0 aromatic heterocycles. The van der Waals surface area contributed by atoms with Crippen LogP contribution in [0.1, 0.15) is 25.7 Å². The van der Waals surface area contributed by atoms with Crippen molar-refractivity contribution in [3.63, 3.8) is 0 Å². The summed E-state index contributed by atoms with van der Waals surface area (Å²) in [4.78, 5) is 28.5. The van der Waals surface area contributed by atoms with Crippen LogP contribution in [0.25, 0.3) is 0 Å². The first-order valence-corrected chi connectivity index (χ1v) is 8.20. The summed E-state index contributed by atoms with van der Waals surface area (Å²) in [6.45, 7) is 2.75. The largest absolute Gasteiger partial charge is 0.383 e. The zero-order valence-corrected chi connectivity index (χ0v) is 14.1. The van der Waals surface area contributed by atoms with Crippen molar-refractivity contribution in [3.05, 3.63) is 0 Å². The van der Waals surface area contributed by atoms with Crippen molar-refractivity contribution >= 4 is 11.8 Å². The average molecular weight is 311 g/mol. The zero-order valence-electron chi connectivity index (χ0n) is 14.1. The minimum atomic E-state index is -0.307. The van der Waals surface area contributed by atoms with E-state index in [1.165, 1.54) is 11.3 Å². The first kappa shape index (κ1) is 17.2. The number of carbonyl (C=O) groups is 2. The van der Waals surface area contributed by atoms with Crippen molar-refractivity contribution in [1.82, 2.24) is 15.1 Å². The first-order valence-electron chi connectivity index (χ1n) is 8.20. The second-order valence-electron chi connectivity index (χ2n) is 6.74. The van der Waals surface area contributed by atoms with Gasteiger partial charge in [0.1, 0.15) is 0 Å². The monoisotopic (exact) mass is 311 g/mol. The standard InChI is InChI=1S/C16H29N3O3/c1-18(2)14(20)11-19(8-9-22-3)15(21)16-7-5-4-6-13(16)10-17-12-16/h13,17H,4-12H2,1-3H3/t13-,16+/m0/s1. The van der Waals surface area contributed by atoms with Gasteiger partial charge in [0.05, 0.1) is 18.6 Å². The Morgan fingerprint density at radius 3 is 2.77 bits per heavy atom. The molecule has 22 heavy (non-hydrogen) atoms. The number of nitrogens with one attached hydrogen (secondary N) is 1. The SMILES string of the molecule is COCCN(CC(=O)N(C)C)C(=O)[C@@]12CCCC[C@H]1CNC2. The van der Waals surface area contributed by atoms with Crippen LogP contribution in [-0.2, 0) is 14.3 Å². The molecule has 0 radical (unpaired) electrons. The lowest BCUT2D eigenvalue weighted by molar-refractivity contribution is -0.150. The number of likely N-dealkylation sites (N-methyl/N-ethyl adjacent to an activating group) is 1. The predicted molar refractivity (Wildman–Crippen MR) is 84.4 cm³/mol. The molecule has 0 aromatic rings. The molecule has 126 valence electrons. The van der Waals surface area contributed by atoms with Gasteiger partial charge in [-0.25, -0.2) is 0 Å². The van der Waals surface area contributed by atoms with Gasteiger partial charge in [-0.1, -0.05) is 12.8 Å². The maximum Gasteiger partial charge on any atom is 0.241 e. The summed E-state index contributed by atoms with van der Waals surface area (Å²) in [5.74, 6) is 0.502. The fourth-order valence-corrected chi connectivity index (χ4v) is 3.74. The van der Waals surface area contributed by atoms with Crippen molar-refractivity contribution < 1.29 is 14.3 Å². The van der Waals surface area contributed by atoms with E-state index in [0.29, 0.717) is 19.1 Å². The molecular weight excluding hydrogens is 282 g/mol. The highest BCUT2D eigenvalue weighted by Crippen LogP contribution is 2.45. The van der Waals surface area contributed by atoms with E-state index >= 15 is 0 Å². The first-order chi connectivity index (χ1) is 10.5. The van der Waals surface area contributed by atoms with Crippen LogP contribution in [0, 0.1) is 11.3 Å². The van der Waals surface area contributed by atoms with Gasteiger partial charge in [0.2, 0.25) is 11.8 Å². The molecule has 1 aliphatic heterocycles. The molecule has 6 nitrogen and oxygen atoms in total. The molecule has 2 aliphatic rings. The van der Waals surface area contributed by atoms with Gasteiger partial charge in [0, 0.05) is 34.3 Å². The lowest BCUT2D eigenvalue weighted by atomic mass is 9.67. The number of ether oxygens (including phenoxy) is 1. The van der Waals surface area contributed by atoms with Crippen LogP contribution in [0.4, 0.5) is 0 Å². The Morgan fingerprint density at radius 1 is 1.32 bits per heavy atom. The Balaban J connectivity index is 2.14. The van der Waals surface area contributed by atoms with Crippen LogP contribution in [0.5, 0.6) is 0 Å². The fraction of sp³-hybridized carbons (Fsp3) is 0.875. The van der Waals surface area contributed by atoms with Gasteiger partial charge in [0.25, 0.3) is 0 Å². The summed E-state index contributed by atoms with van der Waals surface area (Å²) >= 11 is 0. The zero-order chi connectivity index (χ0) is 16.2. The quantitative estimate of drug-likeness (QED) is 0.768. The summed E-state index contributed by atoms with van der Waals surface area (Å²) in [6.07, 6.45) is 4.35. The number of methoxy groups -OCH3 is 1. The molecule has 6 heteroatoms. The van der Waals surface area contributed by atoms with Crippen molar-refractivity contribution in [2.24, 2.45) is 11.3 Å². The third-order valence-corrected chi connectivity index (χ3v) is 5.14. The van der Waals surface area contributed by atoms with Crippen LogP contribution in [-0.4, -0.2) is 75.6 Å². The molecule has 0 spiro atoms. The summed E-state index contributed by atoms with van der Waals surface area (Å²) in [5.41, 5.74) is -0.307. The van der Waals surface area contributed by atoms with Crippen LogP contribution < -0.4 is 5.32 Å². The summed E-state index contributed by atoms with van der Waals surface area (Å²) in [7, 11) is 5.06. The van der Waals surface area contributed by atoms with Crippen LogP contribution in [0.15, 0.2) is 0 Å². The number of carbonyl (C=O) groups excluding carboxylic acids is 2. The predicted octanol–water partition coefficient (Wildman–Crippen LogP) is 0.329. The van der Waals surface area contributed by atoms with E-state index in [9.17, 15) is 9.59 Å². The smallest absolute Gasteiger partial charge is 0.241 e. The highest BCUT2D eigenvalue weighted by molar-refractivity contribution is 5.88. The third-order valence-electron chi connectivity index (χ3n) is 5.14. The molecule has 0 bridgehead atoms. The van der Waals surface area contributed by atoms with E-state index < -0.39 is 0 Å². The number of rotatable bonds is 6. The van der Waals surface area contributed by atoms with Crippen LogP contribution in [0.2, 0.25) is 0 Å². The maximum atomic E-state index is 13.2. The van der Waals surface area contributed by atoms with Crippen molar-refractivity contribution in [2.45, 2.75) is 25.7 Å². The van der Waals surface area contributed by atoms with E-state index in [2.05, 4.69) is 5.32 Å². The topological polar surface area (TPSA) is 61.9 Å². The van der Waals surface area contributed by atoms with Gasteiger partial charge in [-0.2, -0.15) is 0 Å². The molecule has 2 fully saturated rings. The Labute approximate surface area is 133 Å². The van der Waals surface area contributed by atoms with E-state index in [1.807, 2.05) is 0 Å². The molecule has 1 N–H and O–H groups in total. The molecule has 2 atom stereocenters. The van der Waals surface area contributed by atoms with E-state index in [4.69, 9.17) is 4.74 Å². The molecule has 2 rings (SSSR count). The number of hydrogen-bond donors (Lipinski definition) is 1. The Kier molecular flexibility index (Phi) is 5.81. The Hall–Kier alpha value is -1.14. The molecule has 0 unspecified atom stereocenters. The van der Waals surface area contributed by atoms with Crippen LogP contribution in [0.3, 0.4) is 0 Å². The lowest BCUT2D eigenvalue weighted by Gasteiger charge is -2.40. The van der Waals surface area contributed by atoms with E-state index in [-0.39, 0.29) is 23.8 Å². The lowest BCUT2D eigenvalue weighted by Crippen LogP contribution is -2.52. The minimum Gasteiger partial charge on any atom is -0.383 e. The maximum absolute atomic E-state index is 13.2. The van der Waals surface area contributed by atoms with Crippen molar-refractivity contribution in [3.8, 4) is 0 Å². The van der Waals surface area contributed by atoms with Crippen LogP contribution >= 0.6 is 0 Å². The minimum absolute atomic E-state index is 0.0424. The van der Waals surface area contributed by atoms with E-state index in [1.54, 1.807) is 26.1 Å². The fourth-order valence-electron chi connectivity index (χ4n) is 3.74. The highest BCUT2D eigenvalue weighted by atomic mass is 16.5. The average Bonchev–Trinajstić information content (AvgIpc) is 2.95. The van der Waals surface area contributed by atoms with Gasteiger partial charge in [0.15, 0.2) is 0 Å². The molecular formula is C16H29N3O3. The number of fused-ring (bicyclic) bond motifs is 1. The Bertz CT molecular complexity index is 413. The Morgan fingerprint density at radius 2 is 2.09 bits per heavy atom. The molecule has 1 aliphatic carbocycles. The molecule has 2 amide bonds. The van der Waals surface area contributed by atoms with Gasteiger partial charge in [-0.15, -0.1) is 0 Å². The molecule has 0 aromatic carbocycles. The van der Waals surface area contributed by atoms with Gasteiger partial charge < -0.3 is 19.9 Å². The number of hydrogen-bond acceptors (Lipinski definition) is 4. The summed E-state index contributed by atoms with van der Waals surface area (Å²) in [6, 6.07) is 0. The number of amides is 2. The summed E-state index contributed by atoms with van der Waals surface area (Å²) in [5, 5.41) is 3.40. The van der Waals surface area contributed by atoms with E-state index in [0.717, 1.165) is 32.4 Å². The third kappa shape index (κ3) is 3.43.